The second-order valence-corrected chi connectivity index (χ2v) is 6.47. The Bertz CT molecular complexity index is 406. The summed E-state index contributed by atoms with van der Waals surface area (Å²) in [6.45, 7) is 5.82. The number of piperidine rings is 1. The maximum absolute atomic E-state index is 10.0. The van der Waals surface area contributed by atoms with Gasteiger partial charge in [-0.3, -0.25) is 4.90 Å². The van der Waals surface area contributed by atoms with Gasteiger partial charge in [0.15, 0.2) is 0 Å². The van der Waals surface area contributed by atoms with Crippen LogP contribution in [0.15, 0.2) is 30.3 Å². The van der Waals surface area contributed by atoms with Crippen molar-refractivity contribution in [3.63, 3.8) is 0 Å². The molecule has 3 nitrogen and oxygen atoms in total. The molecular formula is C18H30N2O. The van der Waals surface area contributed by atoms with Crippen molar-refractivity contribution in [2.45, 2.75) is 57.2 Å². The van der Waals surface area contributed by atoms with E-state index in [1.54, 1.807) is 0 Å². The first kappa shape index (κ1) is 16.5. The molecule has 1 aromatic carbocycles. The fraction of sp³-hybridized carbons (Fsp3) is 0.667. The number of benzene rings is 1. The first-order valence-electron chi connectivity index (χ1n) is 8.24. The van der Waals surface area contributed by atoms with Gasteiger partial charge in [-0.25, -0.2) is 0 Å². The van der Waals surface area contributed by atoms with Crippen molar-refractivity contribution >= 4 is 0 Å². The fourth-order valence-corrected chi connectivity index (χ4v) is 3.66. The van der Waals surface area contributed by atoms with Crippen molar-refractivity contribution in [2.75, 3.05) is 20.2 Å². The Morgan fingerprint density at radius 3 is 2.33 bits per heavy atom. The van der Waals surface area contributed by atoms with E-state index in [-0.39, 0.29) is 12.1 Å². The van der Waals surface area contributed by atoms with Gasteiger partial charge in [0, 0.05) is 18.6 Å². The minimum atomic E-state index is -0.335. The van der Waals surface area contributed by atoms with Crippen LogP contribution in [0.3, 0.4) is 0 Å². The van der Waals surface area contributed by atoms with Gasteiger partial charge in [-0.15, -0.1) is 0 Å². The van der Waals surface area contributed by atoms with Gasteiger partial charge >= 0.3 is 0 Å². The summed E-state index contributed by atoms with van der Waals surface area (Å²) in [6.07, 6.45) is 4.86. The number of aliphatic hydroxyl groups excluding tert-OH is 1. The van der Waals surface area contributed by atoms with Gasteiger partial charge in [0.05, 0.1) is 12.1 Å². The molecular weight excluding hydrogens is 260 g/mol. The summed E-state index contributed by atoms with van der Waals surface area (Å²) in [5.74, 6) is 0. The largest absolute Gasteiger partial charge is 0.394 e. The lowest BCUT2D eigenvalue weighted by Gasteiger charge is -2.42. The molecule has 1 aliphatic heterocycles. The van der Waals surface area contributed by atoms with Crippen LogP contribution in [0.1, 0.15) is 45.1 Å². The average molecular weight is 290 g/mol. The number of likely N-dealkylation sites (N-methyl/N-ethyl adjacent to an activating group) is 1. The Balaban J connectivity index is 2.10. The molecule has 2 rings (SSSR count). The van der Waals surface area contributed by atoms with Crippen LogP contribution in [0.2, 0.25) is 0 Å². The number of nitrogens with zero attached hydrogens (tertiary/aromatic N) is 1. The number of hydrogen-bond donors (Lipinski definition) is 2. The van der Waals surface area contributed by atoms with Crippen molar-refractivity contribution < 1.29 is 5.11 Å². The minimum absolute atomic E-state index is 0.129. The molecule has 0 radical (unpaired) electrons. The van der Waals surface area contributed by atoms with E-state index in [1.807, 2.05) is 25.2 Å². The number of likely N-dealkylation sites (tertiary alicyclic amines) is 1. The molecule has 1 aliphatic rings. The second kappa shape index (κ2) is 7.39. The van der Waals surface area contributed by atoms with E-state index in [2.05, 4.69) is 36.2 Å². The molecule has 21 heavy (non-hydrogen) atoms. The quantitative estimate of drug-likeness (QED) is 0.845. The highest BCUT2D eigenvalue weighted by atomic mass is 16.3. The van der Waals surface area contributed by atoms with Crippen LogP contribution in [0.4, 0.5) is 0 Å². The molecule has 0 amide bonds. The summed E-state index contributed by atoms with van der Waals surface area (Å²) >= 11 is 0. The molecule has 3 unspecified atom stereocenters. The van der Waals surface area contributed by atoms with Gasteiger partial charge in [-0.2, -0.15) is 0 Å². The second-order valence-electron chi connectivity index (χ2n) is 6.47. The van der Waals surface area contributed by atoms with Crippen LogP contribution in [-0.4, -0.2) is 42.3 Å². The number of hydrogen-bond acceptors (Lipinski definition) is 3. The summed E-state index contributed by atoms with van der Waals surface area (Å²) in [4.78, 5) is 2.61. The molecule has 118 valence electrons. The first-order valence-corrected chi connectivity index (χ1v) is 8.24. The summed E-state index contributed by atoms with van der Waals surface area (Å²) in [5, 5.41) is 13.4. The molecule has 0 aliphatic carbocycles. The van der Waals surface area contributed by atoms with Crippen molar-refractivity contribution in [1.29, 1.82) is 0 Å². The van der Waals surface area contributed by atoms with Gasteiger partial charge < -0.3 is 10.4 Å². The van der Waals surface area contributed by atoms with Crippen molar-refractivity contribution in [1.82, 2.24) is 10.2 Å². The molecule has 3 atom stereocenters. The summed E-state index contributed by atoms with van der Waals surface area (Å²) in [5.41, 5.74) is 0.838. The Hall–Kier alpha value is -0.900. The zero-order valence-corrected chi connectivity index (χ0v) is 13.7. The van der Waals surface area contributed by atoms with E-state index >= 15 is 0 Å². The van der Waals surface area contributed by atoms with Gasteiger partial charge in [-0.05, 0) is 45.7 Å². The SMILES string of the molecule is CNC(CO)(CCN1C(C)CCCC1C)c1ccccc1. The van der Waals surface area contributed by atoms with Crippen molar-refractivity contribution in [3.8, 4) is 0 Å². The molecule has 1 fully saturated rings. The third-order valence-corrected chi connectivity index (χ3v) is 5.25. The smallest absolute Gasteiger partial charge is 0.0678 e. The normalized spacial score (nSPS) is 26.5. The summed E-state index contributed by atoms with van der Waals surface area (Å²) in [6, 6.07) is 11.6. The van der Waals surface area contributed by atoms with E-state index in [0.717, 1.165) is 13.0 Å². The molecule has 0 bridgehead atoms. The first-order chi connectivity index (χ1) is 10.1. The highest BCUT2D eigenvalue weighted by molar-refractivity contribution is 5.24. The monoisotopic (exact) mass is 290 g/mol. The van der Waals surface area contributed by atoms with Gasteiger partial charge in [0.1, 0.15) is 0 Å². The molecule has 3 heteroatoms. The summed E-state index contributed by atoms with van der Waals surface area (Å²) in [7, 11) is 1.95. The van der Waals surface area contributed by atoms with Crippen LogP contribution in [0.25, 0.3) is 0 Å². The zero-order chi connectivity index (χ0) is 15.3. The minimum Gasteiger partial charge on any atom is -0.394 e. The molecule has 0 spiro atoms. The van der Waals surface area contributed by atoms with Crippen LogP contribution in [0.5, 0.6) is 0 Å². The van der Waals surface area contributed by atoms with Gasteiger partial charge in [0.2, 0.25) is 0 Å². The summed E-state index contributed by atoms with van der Waals surface area (Å²) < 4.78 is 0. The molecule has 0 saturated carbocycles. The van der Waals surface area contributed by atoms with Crippen LogP contribution in [-0.2, 0) is 5.54 Å². The topological polar surface area (TPSA) is 35.5 Å². The lowest BCUT2D eigenvalue weighted by Crippen LogP contribution is -2.50. The molecule has 0 aromatic heterocycles. The average Bonchev–Trinajstić information content (AvgIpc) is 2.52. The lowest BCUT2D eigenvalue weighted by atomic mass is 9.86. The van der Waals surface area contributed by atoms with Crippen molar-refractivity contribution in [2.24, 2.45) is 0 Å². The van der Waals surface area contributed by atoms with E-state index in [0.29, 0.717) is 12.1 Å². The fourth-order valence-electron chi connectivity index (χ4n) is 3.66. The predicted molar refractivity (Wildman–Crippen MR) is 88.4 cm³/mol. The highest BCUT2D eigenvalue weighted by Crippen LogP contribution is 2.28. The van der Waals surface area contributed by atoms with Crippen LogP contribution in [0, 0.1) is 0 Å². The highest BCUT2D eigenvalue weighted by Gasteiger charge is 2.32. The van der Waals surface area contributed by atoms with E-state index in [1.165, 1.54) is 24.8 Å². The zero-order valence-electron chi connectivity index (χ0n) is 13.7. The Labute approximate surface area is 129 Å². The Morgan fingerprint density at radius 1 is 1.19 bits per heavy atom. The van der Waals surface area contributed by atoms with E-state index in [9.17, 15) is 5.11 Å². The standard InChI is InChI=1S/C18H30N2O/c1-15-8-7-9-16(2)20(15)13-12-18(14-21,19-3)17-10-5-4-6-11-17/h4-6,10-11,15-16,19,21H,7-9,12-14H2,1-3H3. The van der Waals surface area contributed by atoms with Crippen LogP contribution < -0.4 is 5.32 Å². The Kier molecular flexibility index (Phi) is 5.80. The van der Waals surface area contributed by atoms with Gasteiger partial charge in [0.25, 0.3) is 0 Å². The van der Waals surface area contributed by atoms with Crippen molar-refractivity contribution in [3.05, 3.63) is 35.9 Å². The third kappa shape index (κ3) is 3.65. The maximum Gasteiger partial charge on any atom is 0.0678 e. The third-order valence-electron chi connectivity index (χ3n) is 5.25. The molecule has 1 saturated heterocycles. The predicted octanol–water partition coefficient (Wildman–Crippen LogP) is 2.75. The van der Waals surface area contributed by atoms with Gasteiger partial charge in [-0.1, -0.05) is 36.8 Å². The molecule has 1 aromatic rings. The maximum atomic E-state index is 10.0. The Morgan fingerprint density at radius 2 is 1.81 bits per heavy atom. The number of nitrogens with one attached hydrogen (secondary N) is 1. The van der Waals surface area contributed by atoms with E-state index < -0.39 is 0 Å². The van der Waals surface area contributed by atoms with Crippen LogP contribution >= 0.6 is 0 Å². The number of aliphatic hydroxyl groups is 1. The lowest BCUT2D eigenvalue weighted by molar-refractivity contribution is 0.0751. The molecule has 1 heterocycles. The van der Waals surface area contributed by atoms with E-state index in [4.69, 9.17) is 0 Å². The number of rotatable bonds is 6. The molecule has 2 N–H and O–H groups in total.